The molecule has 3 nitrogen and oxygen atoms in total. The first kappa shape index (κ1) is 9.72. The highest BCUT2D eigenvalue weighted by Crippen LogP contribution is 1.94. The van der Waals surface area contributed by atoms with Crippen molar-refractivity contribution in [3.63, 3.8) is 0 Å². The van der Waals surface area contributed by atoms with E-state index in [1.54, 1.807) is 6.92 Å². The highest BCUT2D eigenvalue weighted by Gasteiger charge is 2.09. The monoisotopic (exact) mass is 166 g/mol. The Bertz CT molecular complexity index is 105. The zero-order valence-electron chi connectivity index (χ0n) is 5.84. The molecule has 0 heterocycles. The molecule has 0 rings (SSSR count). The fourth-order valence-corrected chi connectivity index (χ4v) is 0.495. The zero-order valence-corrected chi connectivity index (χ0v) is 6.60. The first-order chi connectivity index (χ1) is 4.68. The first-order valence-corrected chi connectivity index (χ1v) is 3.58. The summed E-state index contributed by atoms with van der Waals surface area (Å²) in [6.45, 7) is 2.25. The van der Waals surface area contributed by atoms with Crippen molar-refractivity contribution >= 4 is 17.6 Å². The molecule has 0 bridgehead atoms. The van der Waals surface area contributed by atoms with E-state index in [1.807, 2.05) is 0 Å². The van der Waals surface area contributed by atoms with E-state index in [0.29, 0.717) is 12.5 Å². The van der Waals surface area contributed by atoms with E-state index < -0.39 is 11.9 Å². The van der Waals surface area contributed by atoms with E-state index in [1.165, 1.54) is 0 Å². The van der Waals surface area contributed by atoms with Crippen LogP contribution in [0.1, 0.15) is 6.92 Å². The van der Waals surface area contributed by atoms with Crippen LogP contribution in [-0.4, -0.2) is 30.2 Å². The molecule has 1 atom stereocenters. The molecule has 4 heteroatoms. The van der Waals surface area contributed by atoms with Crippen LogP contribution in [0.3, 0.4) is 0 Å². The summed E-state index contributed by atoms with van der Waals surface area (Å²) in [4.78, 5) is 10.2. The quantitative estimate of drug-likeness (QED) is 0.489. The molecule has 10 heavy (non-hydrogen) atoms. The van der Waals surface area contributed by atoms with Crippen LogP contribution in [0.2, 0.25) is 0 Å². The maximum absolute atomic E-state index is 10.2. The summed E-state index contributed by atoms with van der Waals surface area (Å²) >= 11 is 5.29. The normalized spacial score (nSPS) is 13.0. The Morgan fingerprint density at radius 3 is 2.80 bits per heavy atom. The van der Waals surface area contributed by atoms with E-state index >= 15 is 0 Å². The van der Waals surface area contributed by atoms with Crippen molar-refractivity contribution in [2.75, 3.05) is 19.1 Å². The van der Waals surface area contributed by atoms with Crippen molar-refractivity contribution in [2.24, 2.45) is 5.92 Å². The van der Waals surface area contributed by atoms with Crippen LogP contribution in [0.5, 0.6) is 0 Å². The van der Waals surface area contributed by atoms with Gasteiger partial charge in [0.25, 0.3) is 0 Å². The van der Waals surface area contributed by atoms with Crippen molar-refractivity contribution in [1.82, 2.24) is 0 Å². The predicted octanol–water partition coefficient (Wildman–Crippen LogP) is 0.963. The van der Waals surface area contributed by atoms with Gasteiger partial charge in [-0.25, -0.2) is 0 Å². The number of ether oxygens (including phenoxy) is 1. The largest absolute Gasteiger partial charge is 0.481 e. The van der Waals surface area contributed by atoms with Gasteiger partial charge in [-0.05, 0) is 6.92 Å². The fraction of sp³-hybridized carbons (Fsp3) is 0.833. The lowest BCUT2D eigenvalue weighted by Gasteiger charge is -2.04. The molecule has 0 aliphatic heterocycles. The second-order valence-electron chi connectivity index (χ2n) is 2.00. The van der Waals surface area contributed by atoms with Gasteiger partial charge in [-0.1, -0.05) is 0 Å². The van der Waals surface area contributed by atoms with Gasteiger partial charge in [0.05, 0.1) is 19.1 Å². The van der Waals surface area contributed by atoms with Crippen LogP contribution < -0.4 is 0 Å². The fourth-order valence-electron chi connectivity index (χ4n) is 0.386. The number of aliphatic carboxylic acids is 1. The Morgan fingerprint density at radius 2 is 2.40 bits per heavy atom. The van der Waals surface area contributed by atoms with Crippen LogP contribution in [0.4, 0.5) is 0 Å². The van der Waals surface area contributed by atoms with Gasteiger partial charge in [-0.3, -0.25) is 4.79 Å². The summed E-state index contributed by atoms with van der Waals surface area (Å²) in [7, 11) is 0. The minimum Gasteiger partial charge on any atom is -0.481 e. The molecule has 0 amide bonds. The molecule has 1 unspecified atom stereocenters. The van der Waals surface area contributed by atoms with Gasteiger partial charge in [-0.15, -0.1) is 11.6 Å². The molecular weight excluding hydrogens is 156 g/mol. The number of carboxylic acids is 1. The summed E-state index contributed by atoms with van der Waals surface area (Å²) in [5.74, 6) is -0.871. The van der Waals surface area contributed by atoms with Gasteiger partial charge in [0, 0.05) is 5.88 Å². The molecule has 0 aromatic rings. The number of hydrogen-bond donors (Lipinski definition) is 1. The molecule has 0 saturated carbocycles. The SMILES string of the molecule is CC(COCCCl)C(=O)O. The minimum atomic E-state index is -0.838. The summed E-state index contributed by atoms with van der Waals surface area (Å²) in [5, 5.41) is 8.37. The number of halogens is 1. The molecule has 0 aromatic heterocycles. The van der Waals surface area contributed by atoms with Crippen LogP contribution in [0.25, 0.3) is 0 Å². The Morgan fingerprint density at radius 1 is 1.80 bits per heavy atom. The maximum atomic E-state index is 10.2. The molecule has 0 saturated heterocycles. The predicted molar refractivity (Wildman–Crippen MR) is 38.3 cm³/mol. The van der Waals surface area contributed by atoms with E-state index in [4.69, 9.17) is 21.4 Å². The number of alkyl halides is 1. The summed E-state index contributed by atoms with van der Waals surface area (Å²) in [6.07, 6.45) is 0. The van der Waals surface area contributed by atoms with Gasteiger partial charge >= 0.3 is 5.97 Å². The average molecular weight is 167 g/mol. The molecule has 60 valence electrons. The van der Waals surface area contributed by atoms with Crippen molar-refractivity contribution in [1.29, 1.82) is 0 Å². The highest BCUT2D eigenvalue weighted by molar-refractivity contribution is 6.17. The van der Waals surface area contributed by atoms with Crippen LogP contribution in [-0.2, 0) is 9.53 Å². The Balaban J connectivity index is 3.21. The van der Waals surface area contributed by atoms with E-state index in [9.17, 15) is 4.79 Å². The Labute approximate surface area is 64.9 Å². The second kappa shape index (κ2) is 5.50. The van der Waals surface area contributed by atoms with E-state index in [0.717, 1.165) is 0 Å². The van der Waals surface area contributed by atoms with Crippen molar-refractivity contribution in [2.45, 2.75) is 6.92 Å². The van der Waals surface area contributed by atoms with Gasteiger partial charge < -0.3 is 9.84 Å². The van der Waals surface area contributed by atoms with Crippen LogP contribution in [0.15, 0.2) is 0 Å². The van der Waals surface area contributed by atoms with E-state index in [2.05, 4.69) is 0 Å². The second-order valence-corrected chi connectivity index (χ2v) is 2.38. The van der Waals surface area contributed by atoms with Crippen molar-refractivity contribution in [3.05, 3.63) is 0 Å². The summed E-state index contributed by atoms with van der Waals surface area (Å²) in [6, 6.07) is 0. The molecule has 0 radical (unpaired) electrons. The average Bonchev–Trinajstić information content (AvgIpc) is 1.88. The summed E-state index contributed by atoms with van der Waals surface area (Å²) in [5.41, 5.74) is 0. The minimum absolute atomic E-state index is 0.238. The zero-order chi connectivity index (χ0) is 7.98. The molecule has 0 aromatic carbocycles. The Kier molecular flexibility index (Phi) is 5.35. The molecule has 0 aliphatic rings. The van der Waals surface area contributed by atoms with E-state index in [-0.39, 0.29) is 6.61 Å². The molecule has 0 spiro atoms. The first-order valence-electron chi connectivity index (χ1n) is 3.05. The topological polar surface area (TPSA) is 46.5 Å². The molecular formula is C6H11ClO3. The summed E-state index contributed by atoms with van der Waals surface area (Å²) < 4.78 is 4.89. The van der Waals surface area contributed by atoms with Gasteiger partial charge in [-0.2, -0.15) is 0 Å². The Hall–Kier alpha value is -0.280. The van der Waals surface area contributed by atoms with Crippen molar-refractivity contribution < 1.29 is 14.6 Å². The maximum Gasteiger partial charge on any atom is 0.308 e. The third kappa shape index (κ3) is 4.58. The van der Waals surface area contributed by atoms with Gasteiger partial charge in [0.1, 0.15) is 0 Å². The third-order valence-electron chi connectivity index (χ3n) is 1.01. The third-order valence-corrected chi connectivity index (χ3v) is 1.17. The van der Waals surface area contributed by atoms with Crippen LogP contribution >= 0.6 is 11.6 Å². The smallest absolute Gasteiger partial charge is 0.308 e. The molecule has 0 aliphatic carbocycles. The number of carbonyl (C=O) groups is 1. The lowest BCUT2D eigenvalue weighted by Crippen LogP contribution is -2.16. The van der Waals surface area contributed by atoms with Crippen molar-refractivity contribution in [3.8, 4) is 0 Å². The van der Waals surface area contributed by atoms with Gasteiger partial charge in [0.15, 0.2) is 0 Å². The van der Waals surface area contributed by atoms with Gasteiger partial charge in [0.2, 0.25) is 0 Å². The lowest BCUT2D eigenvalue weighted by atomic mass is 10.2. The van der Waals surface area contributed by atoms with Crippen LogP contribution in [0, 0.1) is 5.92 Å². The molecule has 0 fully saturated rings. The standard InChI is InChI=1S/C6H11ClO3/c1-5(6(8)9)4-10-3-2-7/h5H,2-4H2,1H3,(H,8,9). The lowest BCUT2D eigenvalue weighted by molar-refractivity contribution is -0.143. The number of hydrogen-bond acceptors (Lipinski definition) is 2. The highest BCUT2D eigenvalue weighted by atomic mass is 35.5. The number of rotatable bonds is 5. The number of carboxylic acid groups (broad SMARTS) is 1. The molecule has 1 N–H and O–H groups in total.